The van der Waals surface area contributed by atoms with Crippen LogP contribution in [0.5, 0.6) is 0 Å². The van der Waals surface area contributed by atoms with Crippen LogP contribution in [0.4, 0.5) is 0 Å². The second-order valence-electron chi connectivity index (χ2n) is 6.32. The quantitative estimate of drug-likeness (QED) is 0.658. The van der Waals surface area contributed by atoms with Gasteiger partial charge in [0.1, 0.15) is 6.10 Å². The molecule has 0 spiro atoms. The first-order valence-electron chi connectivity index (χ1n) is 8.30. The average Bonchev–Trinajstić information content (AvgIpc) is 2.86. The summed E-state index contributed by atoms with van der Waals surface area (Å²) in [4.78, 5) is 47.5. The number of aliphatic hydroxyl groups excluding tert-OH is 1. The predicted molar refractivity (Wildman–Crippen MR) is 81.4 cm³/mol. The molecule has 3 atom stereocenters. The summed E-state index contributed by atoms with van der Waals surface area (Å²) in [5, 5.41) is 15.3. The molecule has 3 unspecified atom stereocenters. The molecule has 0 saturated carbocycles. The monoisotopic (exact) mass is 324 g/mol. The van der Waals surface area contributed by atoms with Gasteiger partial charge in [0.15, 0.2) is 11.6 Å². The van der Waals surface area contributed by atoms with Crippen LogP contribution >= 0.6 is 0 Å². The fourth-order valence-electron chi connectivity index (χ4n) is 3.07. The summed E-state index contributed by atoms with van der Waals surface area (Å²) >= 11 is 0. The Morgan fingerprint density at radius 3 is 2.09 bits per heavy atom. The molecule has 7 nitrogen and oxygen atoms in total. The average molecular weight is 324 g/mol. The largest absolute Gasteiger partial charge is 0.385 e. The second-order valence-corrected chi connectivity index (χ2v) is 6.32. The topological polar surface area (TPSA) is 113 Å². The van der Waals surface area contributed by atoms with Gasteiger partial charge in [0.25, 0.3) is 0 Å². The highest BCUT2D eigenvalue weighted by Gasteiger charge is 2.32. The molecule has 0 aromatic heterocycles. The Labute approximate surface area is 135 Å². The molecule has 7 heteroatoms. The molecule has 2 aliphatic rings. The van der Waals surface area contributed by atoms with Gasteiger partial charge in [0, 0.05) is 19.3 Å². The van der Waals surface area contributed by atoms with Gasteiger partial charge < -0.3 is 15.7 Å². The summed E-state index contributed by atoms with van der Waals surface area (Å²) in [6.45, 7) is 0. The number of carbonyl (C=O) groups is 4. The van der Waals surface area contributed by atoms with E-state index >= 15 is 0 Å². The molecule has 2 fully saturated rings. The van der Waals surface area contributed by atoms with Crippen LogP contribution in [0.2, 0.25) is 0 Å². The molecule has 2 rings (SSSR count). The van der Waals surface area contributed by atoms with Crippen molar-refractivity contribution >= 4 is 23.4 Å². The van der Waals surface area contributed by atoms with E-state index in [1.165, 1.54) is 0 Å². The normalized spacial score (nSPS) is 27.2. The van der Waals surface area contributed by atoms with Crippen molar-refractivity contribution in [3.05, 3.63) is 0 Å². The molecule has 0 aromatic rings. The Morgan fingerprint density at radius 2 is 1.48 bits per heavy atom. The third-order valence-electron chi connectivity index (χ3n) is 4.42. The smallest absolute Gasteiger partial charge is 0.220 e. The lowest BCUT2D eigenvalue weighted by atomic mass is 9.96. The number of Topliss-reactive ketones (excluding diaryl/α,β-unsaturated/α-hetero) is 2. The van der Waals surface area contributed by atoms with Gasteiger partial charge in [-0.15, -0.1) is 0 Å². The molecule has 0 radical (unpaired) electrons. The summed E-state index contributed by atoms with van der Waals surface area (Å²) < 4.78 is 0. The highest BCUT2D eigenvalue weighted by atomic mass is 16.3. The van der Waals surface area contributed by atoms with Crippen LogP contribution in [0.25, 0.3) is 0 Å². The maximum Gasteiger partial charge on any atom is 0.220 e. The maximum atomic E-state index is 12.2. The van der Waals surface area contributed by atoms with Crippen LogP contribution in [0, 0.1) is 0 Å². The molecule has 3 N–H and O–H groups in total. The van der Waals surface area contributed by atoms with Gasteiger partial charge in [-0.25, -0.2) is 0 Å². The Morgan fingerprint density at radius 1 is 0.957 bits per heavy atom. The van der Waals surface area contributed by atoms with E-state index in [1.54, 1.807) is 0 Å². The Bertz CT molecular complexity index is 491. The predicted octanol–water partition coefficient (Wildman–Crippen LogP) is -0.00680. The summed E-state index contributed by atoms with van der Waals surface area (Å²) in [6, 6.07) is -1.35. The van der Waals surface area contributed by atoms with Crippen molar-refractivity contribution in [2.24, 2.45) is 0 Å². The lowest BCUT2D eigenvalue weighted by Crippen LogP contribution is -2.46. The zero-order chi connectivity index (χ0) is 16.8. The fraction of sp³-hybridized carbons (Fsp3) is 0.750. The lowest BCUT2D eigenvalue weighted by Gasteiger charge is -2.20. The molecule has 128 valence electrons. The number of rotatable bonds is 5. The van der Waals surface area contributed by atoms with Gasteiger partial charge in [-0.3, -0.25) is 19.2 Å². The zero-order valence-corrected chi connectivity index (χ0v) is 13.2. The third-order valence-corrected chi connectivity index (χ3v) is 4.42. The molecule has 0 aliphatic carbocycles. The van der Waals surface area contributed by atoms with Gasteiger partial charge in [0.05, 0.1) is 12.1 Å². The lowest BCUT2D eigenvalue weighted by molar-refractivity contribution is -0.136. The summed E-state index contributed by atoms with van der Waals surface area (Å²) in [5.74, 6) is -1.22. The van der Waals surface area contributed by atoms with Crippen molar-refractivity contribution in [2.75, 3.05) is 0 Å². The van der Waals surface area contributed by atoms with Crippen molar-refractivity contribution in [1.29, 1.82) is 0 Å². The Balaban J connectivity index is 1.90. The van der Waals surface area contributed by atoms with Crippen molar-refractivity contribution in [2.45, 2.75) is 76.0 Å². The van der Waals surface area contributed by atoms with Gasteiger partial charge in [-0.2, -0.15) is 0 Å². The van der Waals surface area contributed by atoms with Crippen LogP contribution < -0.4 is 10.6 Å². The summed E-state index contributed by atoms with van der Waals surface area (Å²) in [6.07, 6.45) is 2.99. The minimum absolute atomic E-state index is 0.169. The fourth-order valence-corrected chi connectivity index (χ4v) is 3.07. The first-order valence-corrected chi connectivity index (χ1v) is 8.30. The van der Waals surface area contributed by atoms with Gasteiger partial charge in [0.2, 0.25) is 11.8 Å². The SMILES string of the molecule is O=C1CCCCC(C(=O)CC(O)C(=O)C2CCCCC(=O)N2)N1. The summed E-state index contributed by atoms with van der Waals surface area (Å²) in [5.41, 5.74) is 0. The van der Waals surface area contributed by atoms with Gasteiger partial charge in [-0.05, 0) is 25.7 Å². The molecule has 23 heavy (non-hydrogen) atoms. The highest BCUT2D eigenvalue weighted by Crippen LogP contribution is 2.15. The number of hydrogen-bond donors (Lipinski definition) is 3. The minimum atomic E-state index is -1.44. The van der Waals surface area contributed by atoms with E-state index in [4.69, 9.17) is 0 Å². The molecular formula is C16H24N2O5. The molecule has 2 saturated heterocycles. The number of ketones is 2. The maximum absolute atomic E-state index is 12.2. The van der Waals surface area contributed by atoms with Crippen LogP contribution in [0.1, 0.15) is 57.8 Å². The number of hydrogen-bond acceptors (Lipinski definition) is 5. The molecule has 2 aliphatic heterocycles. The van der Waals surface area contributed by atoms with Crippen LogP contribution in [-0.4, -0.2) is 46.7 Å². The van der Waals surface area contributed by atoms with E-state index in [0.717, 1.165) is 25.7 Å². The zero-order valence-electron chi connectivity index (χ0n) is 13.2. The third kappa shape index (κ3) is 5.13. The van der Waals surface area contributed by atoms with E-state index in [-0.39, 0.29) is 24.0 Å². The van der Waals surface area contributed by atoms with Crippen LogP contribution in [0.15, 0.2) is 0 Å². The van der Waals surface area contributed by atoms with Gasteiger partial charge in [-0.1, -0.05) is 12.8 Å². The number of carbonyl (C=O) groups excluding carboxylic acids is 4. The molecule has 0 aromatic carbocycles. The van der Waals surface area contributed by atoms with E-state index in [1.807, 2.05) is 0 Å². The summed E-state index contributed by atoms with van der Waals surface area (Å²) in [7, 11) is 0. The number of amides is 2. The highest BCUT2D eigenvalue weighted by molar-refractivity contribution is 5.97. The van der Waals surface area contributed by atoms with E-state index in [0.29, 0.717) is 25.7 Å². The van der Waals surface area contributed by atoms with Crippen LogP contribution in [-0.2, 0) is 19.2 Å². The molecular weight excluding hydrogens is 300 g/mol. The van der Waals surface area contributed by atoms with Gasteiger partial charge >= 0.3 is 0 Å². The van der Waals surface area contributed by atoms with Crippen molar-refractivity contribution in [1.82, 2.24) is 10.6 Å². The Kier molecular flexibility index (Phi) is 6.27. The first-order chi connectivity index (χ1) is 11.0. The van der Waals surface area contributed by atoms with Crippen LogP contribution in [0.3, 0.4) is 0 Å². The number of nitrogens with one attached hydrogen (secondary N) is 2. The van der Waals surface area contributed by atoms with E-state index in [2.05, 4.69) is 10.6 Å². The van der Waals surface area contributed by atoms with E-state index in [9.17, 15) is 24.3 Å². The molecule has 2 heterocycles. The van der Waals surface area contributed by atoms with E-state index < -0.39 is 24.0 Å². The number of aliphatic hydroxyl groups is 1. The standard InChI is InChI=1S/C16H24N2O5/c19-12(10-5-1-3-7-14(21)17-10)9-13(20)16(23)11-6-2-4-8-15(22)18-11/h10-11,13,20H,1-9H2,(H,17,21)(H,18,22). The second kappa shape index (κ2) is 8.19. The minimum Gasteiger partial charge on any atom is -0.385 e. The molecule has 2 amide bonds. The Hall–Kier alpha value is -1.76. The first kappa shape index (κ1) is 17.6. The van der Waals surface area contributed by atoms with Crippen molar-refractivity contribution < 1.29 is 24.3 Å². The van der Waals surface area contributed by atoms with Crippen molar-refractivity contribution in [3.63, 3.8) is 0 Å². The van der Waals surface area contributed by atoms with Crippen molar-refractivity contribution in [3.8, 4) is 0 Å². The molecule has 0 bridgehead atoms.